The van der Waals surface area contributed by atoms with Crippen molar-refractivity contribution in [1.29, 1.82) is 0 Å². The minimum atomic E-state index is -0.726. The molecular weight excluding hydrogens is 360 g/mol. The van der Waals surface area contributed by atoms with E-state index in [9.17, 15) is 5.11 Å². The lowest BCUT2D eigenvalue weighted by Gasteiger charge is -2.22. The van der Waals surface area contributed by atoms with Crippen LogP contribution >= 0.6 is 23.4 Å². The van der Waals surface area contributed by atoms with Crippen LogP contribution in [0, 0.1) is 0 Å². The van der Waals surface area contributed by atoms with E-state index in [-0.39, 0.29) is 6.29 Å². The van der Waals surface area contributed by atoms with Crippen molar-refractivity contribution in [3.8, 4) is 0 Å². The molecule has 1 N–H and O–H groups in total. The highest BCUT2D eigenvalue weighted by atomic mass is 35.5. The van der Waals surface area contributed by atoms with Gasteiger partial charge in [-0.25, -0.2) is 4.98 Å². The largest absolute Gasteiger partial charge is 0.382 e. The van der Waals surface area contributed by atoms with E-state index in [1.54, 1.807) is 30.1 Å². The number of halogens is 1. The third kappa shape index (κ3) is 4.99. The number of nitrogens with zero attached hydrogens (tertiary/aromatic N) is 2. The Morgan fingerprint density at radius 1 is 1.40 bits per heavy atom. The smallest absolute Gasteiger partial charge is 0.168 e. The van der Waals surface area contributed by atoms with E-state index < -0.39 is 6.10 Å². The molecule has 1 aliphatic rings. The monoisotopic (exact) mass is 382 g/mol. The SMILES string of the molecule is Cn1c(C(O)c2ccc(Cl)cc2)cnc1SCCOC1CCCCO1. The number of aliphatic hydroxyl groups excluding tert-OH is 1. The lowest BCUT2D eigenvalue weighted by atomic mass is 10.1. The summed E-state index contributed by atoms with van der Waals surface area (Å²) >= 11 is 7.51. The van der Waals surface area contributed by atoms with Crippen LogP contribution in [0.2, 0.25) is 5.02 Å². The van der Waals surface area contributed by atoms with Gasteiger partial charge in [-0.2, -0.15) is 0 Å². The average Bonchev–Trinajstić information content (AvgIpc) is 3.00. The fourth-order valence-corrected chi connectivity index (χ4v) is 3.68. The lowest BCUT2D eigenvalue weighted by molar-refractivity contribution is -0.158. The van der Waals surface area contributed by atoms with Gasteiger partial charge in [-0.1, -0.05) is 35.5 Å². The molecular formula is C18H23ClN2O3S. The van der Waals surface area contributed by atoms with Crippen molar-refractivity contribution < 1.29 is 14.6 Å². The summed E-state index contributed by atoms with van der Waals surface area (Å²) in [6.45, 7) is 1.42. The molecule has 2 heterocycles. The van der Waals surface area contributed by atoms with Crippen molar-refractivity contribution in [2.75, 3.05) is 19.0 Å². The molecule has 0 spiro atoms. The van der Waals surface area contributed by atoms with Gasteiger partial charge in [0.1, 0.15) is 6.10 Å². The van der Waals surface area contributed by atoms with Crippen LogP contribution in [0.15, 0.2) is 35.6 Å². The molecule has 0 saturated carbocycles. The molecule has 1 aromatic heterocycles. The molecule has 7 heteroatoms. The van der Waals surface area contributed by atoms with Crippen LogP contribution < -0.4 is 0 Å². The second-order valence-corrected chi connectivity index (χ2v) is 7.49. The normalized spacial score (nSPS) is 19.1. The Labute approximate surface area is 157 Å². The first-order valence-electron chi connectivity index (χ1n) is 8.46. The predicted molar refractivity (Wildman–Crippen MR) is 99.0 cm³/mol. The van der Waals surface area contributed by atoms with Gasteiger partial charge >= 0.3 is 0 Å². The van der Waals surface area contributed by atoms with Gasteiger partial charge < -0.3 is 19.1 Å². The summed E-state index contributed by atoms with van der Waals surface area (Å²) < 4.78 is 13.2. The van der Waals surface area contributed by atoms with E-state index in [4.69, 9.17) is 21.1 Å². The molecule has 25 heavy (non-hydrogen) atoms. The lowest BCUT2D eigenvalue weighted by Crippen LogP contribution is -2.23. The standard InChI is InChI=1S/C18H23ClN2O3S/c1-21-15(17(22)13-5-7-14(19)8-6-13)12-20-18(21)25-11-10-24-16-4-2-3-9-23-16/h5-8,12,16-17,22H,2-4,9-11H2,1H3. The maximum Gasteiger partial charge on any atom is 0.168 e. The number of rotatable bonds is 7. The van der Waals surface area contributed by atoms with Gasteiger partial charge in [0.15, 0.2) is 11.4 Å². The van der Waals surface area contributed by atoms with Gasteiger partial charge in [0.05, 0.1) is 18.5 Å². The molecule has 0 radical (unpaired) electrons. The third-order valence-electron chi connectivity index (χ3n) is 4.20. The quantitative estimate of drug-likeness (QED) is 0.583. The molecule has 1 aliphatic heterocycles. The Bertz CT molecular complexity index is 671. The van der Waals surface area contributed by atoms with Crippen LogP contribution in [0.4, 0.5) is 0 Å². The summed E-state index contributed by atoms with van der Waals surface area (Å²) in [6, 6.07) is 7.20. The van der Waals surface area contributed by atoms with Crippen molar-refractivity contribution in [2.45, 2.75) is 36.8 Å². The Hall–Kier alpha value is -1.05. The summed E-state index contributed by atoms with van der Waals surface area (Å²) in [6.07, 6.45) is 4.20. The maximum atomic E-state index is 10.6. The zero-order chi connectivity index (χ0) is 17.6. The zero-order valence-corrected chi connectivity index (χ0v) is 15.8. The molecule has 2 aromatic rings. The number of hydrogen-bond donors (Lipinski definition) is 1. The first kappa shape index (κ1) is 18.7. The van der Waals surface area contributed by atoms with Crippen molar-refractivity contribution in [1.82, 2.24) is 9.55 Å². The fraction of sp³-hybridized carbons (Fsp3) is 0.500. The number of hydrogen-bond acceptors (Lipinski definition) is 5. The van der Waals surface area contributed by atoms with E-state index >= 15 is 0 Å². The van der Waals surface area contributed by atoms with E-state index in [1.165, 1.54) is 6.42 Å². The molecule has 136 valence electrons. The minimum absolute atomic E-state index is 0.0574. The Morgan fingerprint density at radius 2 is 2.20 bits per heavy atom. The summed E-state index contributed by atoms with van der Waals surface area (Å²) in [7, 11) is 1.91. The number of thioether (sulfide) groups is 1. The molecule has 2 unspecified atom stereocenters. The molecule has 1 aromatic carbocycles. The number of imidazole rings is 1. The van der Waals surface area contributed by atoms with Crippen LogP contribution in [-0.4, -0.2) is 39.9 Å². The number of aliphatic hydroxyl groups is 1. The van der Waals surface area contributed by atoms with E-state index in [2.05, 4.69) is 4.98 Å². The Kier molecular flexibility index (Phi) is 6.78. The van der Waals surface area contributed by atoms with Gasteiger partial charge in [0, 0.05) is 24.4 Å². The number of aromatic nitrogens is 2. The van der Waals surface area contributed by atoms with Crippen molar-refractivity contribution in [3.63, 3.8) is 0 Å². The molecule has 5 nitrogen and oxygen atoms in total. The predicted octanol–water partition coefficient (Wildman–Crippen LogP) is 3.79. The first-order valence-corrected chi connectivity index (χ1v) is 9.82. The summed E-state index contributed by atoms with van der Waals surface area (Å²) in [5.74, 6) is 0.793. The number of ether oxygens (including phenoxy) is 2. The highest BCUT2D eigenvalue weighted by molar-refractivity contribution is 7.99. The summed E-state index contributed by atoms with van der Waals surface area (Å²) in [5.41, 5.74) is 1.54. The molecule has 1 fully saturated rings. The van der Waals surface area contributed by atoms with Gasteiger partial charge in [0.25, 0.3) is 0 Å². The van der Waals surface area contributed by atoms with Gasteiger partial charge in [-0.15, -0.1) is 0 Å². The molecule has 0 amide bonds. The summed E-state index contributed by atoms with van der Waals surface area (Å²) in [4.78, 5) is 4.42. The van der Waals surface area contributed by atoms with Gasteiger partial charge in [-0.05, 0) is 37.0 Å². The topological polar surface area (TPSA) is 56.5 Å². The van der Waals surface area contributed by atoms with E-state index in [0.29, 0.717) is 11.6 Å². The minimum Gasteiger partial charge on any atom is -0.382 e. The zero-order valence-electron chi connectivity index (χ0n) is 14.2. The van der Waals surface area contributed by atoms with Crippen molar-refractivity contribution >= 4 is 23.4 Å². The highest BCUT2D eigenvalue weighted by Crippen LogP contribution is 2.26. The average molecular weight is 383 g/mol. The molecule has 3 rings (SSSR count). The maximum absolute atomic E-state index is 10.6. The van der Waals surface area contributed by atoms with Crippen molar-refractivity contribution in [3.05, 3.63) is 46.7 Å². The second-order valence-electron chi connectivity index (χ2n) is 5.99. The fourth-order valence-electron chi connectivity index (χ4n) is 2.76. The first-order chi connectivity index (χ1) is 12.1. The Morgan fingerprint density at radius 3 is 2.92 bits per heavy atom. The molecule has 1 saturated heterocycles. The van der Waals surface area contributed by atoms with Crippen molar-refractivity contribution in [2.24, 2.45) is 7.05 Å². The van der Waals surface area contributed by atoms with Crippen LogP contribution in [0.5, 0.6) is 0 Å². The second kappa shape index (κ2) is 9.05. The van der Waals surface area contributed by atoms with E-state index in [0.717, 1.165) is 41.6 Å². The number of benzene rings is 1. The molecule has 0 aliphatic carbocycles. The summed E-state index contributed by atoms with van der Waals surface area (Å²) in [5, 5.41) is 12.1. The van der Waals surface area contributed by atoms with Crippen LogP contribution in [-0.2, 0) is 16.5 Å². The van der Waals surface area contributed by atoms with Crippen LogP contribution in [0.25, 0.3) is 0 Å². The van der Waals surface area contributed by atoms with Crippen LogP contribution in [0.1, 0.15) is 36.6 Å². The Balaban J connectivity index is 1.52. The van der Waals surface area contributed by atoms with Gasteiger partial charge in [-0.3, -0.25) is 0 Å². The molecule has 2 atom stereocenters. The van der Waals surface area contributed by atoms with E-state index in [1.807, 2.05) is 23.7 Å². The third-order valence-corrected chi connectivity index (χ3v) is 5.46. The van der Waals surface area contributed by atoms with Gasteiger partial charge in [0.2, 0.25) is 0 Å². The molecule has 0 bridgehead atoms. The van der Waals surface area contributed by atoms with Crippen LogP contribution in [0.3, 0.4) is 0 Å². The highest BCUT2D eigenvalue weighted by Gasteiger charge is 2.17.